The van der Waals surface area contributed by atoms with Gasteiger partial charge >= 0.3 is 21.7 Å². The maximum atomic E-state index is 15.8. The van der Waals surface area contributed by atoms with Crippen LogP contribution in [0, 0.1) is 17.5 Å². The summed E-state index contributed by atoms with van der Waals surface area (Å²) in [6.45, 7) is 6.59. The van der Waals surface area contributed by atoms with E-state index in [1.54, 1.807) is 27.7 Å². The molecule has 0 radical (unpaired) electrons. The molecule has 1 aromatic carbocycles. The summed E-state index contributed by atoms with van der Waals surface area (Å²) in [7, 11) is -5.04. The van der Waals surface area contributed by atoms with E-state index >= 15 is 8.78 Å². The van der Waals surface area contributed by atoms with Crippen LogP contribution in [0.2, 0.25) is 0 Å². The smallest absolute Gasteiger partial charge is 0.490 e. The van der Waals surface area contributed by atoms with Crippen molar-refractivity contribution in [1.29, 1.82) is 0 Å². The van der Waals surface area contributed by atoms with E-state index in [2.05, 4.69) is 14.3 Å². The van der Waals surface area contributed by atoms with Crippen LogP contribution in [0.3, 0.4) is 0 Å². The van der Waals surface area contributed by atoms with E-state index in [4.69, 9.17) is 18.6 Å². The van der Waals surface area contributed by atoms with Crippen molar-refractivity contribution >= 4 is 27.2 Å². The fraction of sp³-hybridized carbons (Fsp3) is 0.414. The third kappa shape index (κ3) is 6.60. The molecule has 12 nitrogen and oxygen atoms in total. The van der Waals surface area contributed by atoms with Crippen molar-refractivity contribution in [3.63, 3.8) is 0 Å². The van der Waals surface area contributed by atoms with Gasteiger partial charge in [0.05, 0.1) is 35.8 Å². The Bertz CT molecular complexity index is 1990. The maximum absolute atomic E-state index is 15.8. The zero-order valence-electron chi connectivity index (χ0n) is 25.9. The Morgan fingerprint density at radius 2 is 1.75 bits per heavy atom. The number of methoxy groups -OCH3 is 1. The van der Waals surface area contributed by atoms with Gasteiger partial charge in [0.15, 0.2) is 5.82 Å². The van der Waals surface area contributed by atoms with Gasteiger partial charge in [0.25, 0.3) is 5.88 Å². The first kappa shape index (κ1) is 34.8. The van der Waals surface area contributed by atoms with Crippen LogP contribution in [0.15, 0.2) is 28.9 Å². The molecule has 0 fully saturated rings. The Labute approximate surface area is 269 Å². The first-order chi connectivity index (χ1) is 22.3. The first-order valence-corrected chi connectivity index (χ1v) is 15.5. The van der Waals surface area contributed by atoms with Crippen LogP contribution in [-0.2, 0) is 26.1 Å². The number of ether oxygens (including phenoxy) is 3. The van der Waals surface area contributed by atoms with Crippen molar-refractivity contribution < 1.29 is 62.4 Å². The van der Waals surface area contributed by atoms with Crippen LogP contribution in [0.25, 0.3) is 33.5 Å². The van der Waals surface area contributed by atoms with E-state index in [1.807, 2.05) is 0 Å². The van der Waals surface area contributed by atoms with Gasteiger partial charge in [0.1, 0.15) is 47.2 Å². The quantitative estimate of drug-likeness (QED) is 0.0884. The number of hydrogen-bond acceptors (Lipinski definition) is 10. The normalized spacial score (nSPS) is 15.5. The summed E-state index contributed by atoms with van der Waals surface area (Å²) in [5.41, 5.74) is -9.31. The summed E-state index contributed by atoms with van der Waals surface area (Å²) < 4.78 is 137. The molecule has 3 aromatic heterocycles. The van der Waals surface area contributed by atoms with Gasteiger partial charge in [0, 0.05) is 31.4 Å². The highest BCUT2D eigenvalue weighted by molar-refractivity contribution is 7.88. The highest BCUT2D eigenvalue weighted by atomic mass is 32.2. The number of fused-ring (bicyclic) bond motifs is 2. The number of hydrogen-bond donors (Lipinski definition) is 0. The molecule has 4 heterocycles. The van der Waals surface area contributed by atoms with Crippen molar-refractivity contribution in [3.8, 4) is 34.1 Å². The van der Waals surface area contributed by atoms with Crippen LogP contribution < -0.4 is 8.92 Å². The molecular weight excluding hydrogens is 678 g/mol. The highest BCUT2D eigenvalue weighted by Gasteiger charge is 2.49. The van der Waals surface area contributed by atoms with Gasteiger partial charge in [-0.25, -0.2) is 22.9 Å². The third-order valence-electron chi connectivity index (χ3n) is 7.06. The highest BCUT2D eigenvalue weighted by Crippen LogP contribution is 2.47. The van der Waals surface area contributed by atoms with Gasteiger partial charge < -0.3 is 22.8 Å². The summed E-state index contributed by atoms with van der Waals surface area (Å²) in [5, 5.41) is 3.65. The number of pyridine rings is 1. The predicted molar refractivity (Wildman–Crippen MR) is 155 cm³/mol. The zero-order valence-corrected chi connectivity index (χ0v) is 26.8. The average Bonchev–Trinajstić information content (AvgIpc) is 3.57. The number of halogens is 6. The van der Waals surface area contributed by atoms with E-state index < -0.39 is 90.2 Å². The molecule has 0 bridgehead atoms. The van der Waals surface area contributed by atoms with Crippen LogP contribution in [0.1, 0.15) is 39.4 Å². The second-order valence-electron chi connectivity index (χ2n) is 11.5. The summed E-state index contributed by atoms with van der Waals surface area (Å²) in [6, 6.07) is 1.86. The molecule has 0 N–H and O–H groups in total. The maximum Gasteiger partial charge on any atom is 0.534 e. The van der Waals surface area contributed by atoms with Gasteiger partial charge in [0.2, 0.25) is 5.58 Å². The molecule has 1 amide bonds. The number of amides is 1. The Hall–Kier alpha value is -4.52. The third-order valence-corrected chi connectivity index (χ3v) is 8.00. The molecule has 0 spiro atoms. The average molecular weight is 707 g/mol. The van der Waals surface area contributed by atoms with Gasteiger partial charge in [-0.2, -0.15) is 26.7 Å². The number of rotatable bonds is 8. The molecule has 19 heteroatoms. The second-order valence-corrected chi connectivity index (χ2v) is 13.1. The molecule has 5 rings (SSSR count). The number of carbonyl (C=O) groups excluding carboxylic acids is 1. The number of alkyl halides is 3. The number of furan rings is 1. The van der Waals surface area contributed by atoms with E-state index in [0.717, 1.165) is 6.07 Å². The van der Waals surface area contributed by atoms with Crippen LogP contribution in [-0.4, -0.2) is 72.2 Å². The van der Waals surface area contributed by atoms with E-state index in [1.165, 1.54) is 22.8 Å². The molecule has 1 atom stereocenters. The minimum Gasteiger partial charge on any atom is -0.490 e. The SMILES string of the molecule is COCCOc1cc(F)cc(F)c1-c1c(-c2cc3n(n2)CCN(C(=O)OC(C)(C)C)[C@@H]3C)nc(OS(=O)(=O)C(F)(F)F)c2occ(F)c12. The monoisotopic (exact) mass is 706 g/mol. The first-order valence-electron chi connectivity index (χ1n) is 14.1. The van der Waals surface area contributed by atoms with Gasteiger partial charge in [-0.05, 0) is 33.8 Å². The fourth-order valence-electron chi connectivity index (χ4n) is 5.02. The van der Waals surface area contributed by atoms with Crippen molar-refractivity contribution in [2.45, 2.75) is 51.4 Å². The summed E-state index contributed by atoms with van der Waals surface area (Å²) in [4.78, 5) is 18.3. The van der Waals surface area contributed by atoms with Crippen LogP contribution in [0.5, 0.6) is 11.6 Å². The summed E-state index contributed by atoms with van der Waals surface area (Å²) in [5.74, 6) is -5.52. The minimum absolute atomic E-state index is 0.0416. The minimum atomic E-state index is -6.38. The number of benzene rings is 1. The Morgan fingerprint density at radius 1 is 1.04 bits per heavy atom. The Balaban J connectivity index is 1.78. The fourth-order valence-corrected chi connectivity index (χ4v) is 5.44. The van der Waals surface area contributed by atoms with E-state index in [0.29, 0.717) is 18.0 Å². The molecule has 260 valence electrons. The second kappa shape index (κ2) is 12.5. The molecular formula is C29H28F6N4O8S. The van der Waals surface area contributed by atoms with Crippen molar-refractivity contribution in [3.05, 3.63) is 47.6 Å². The molecule has 0 saturated heterocycles. The standard InChI is InChI=1S/C29H28F6N4O8S/c1-14-19-12-18(37-39(19)7-6-38(14)27(40)46-28(2,3)4)24-23(21-16(31)10-15(30)11-20(21)44-9-8-43-5)22-17(32)13-45-25(22)26(36-24)47-48(41,42)29(33,34)35/h10-14H,6-9H2,1-5H3/t14-/m1/s1. The largest absolute Gasteiger partial charge is 0.534 e. The number of carbonyl (C=O) groups is 1. The zero-order chi connectivity index (χ0) is 35.3. The molecule has 4 aromatic rings. The van der Waals surface area contributed by atoms with Crippen LogP contribution >= 0.6 is 0 Å². The van der Waals surface area contributed by atoms with Crippen molar-refractivity contribution in [2.24, 2.45) is 0 Å². The molecule has 0 saturated carbocycles. The summed E-state index contributed by atoms with van der Waals surface area (Å²) in [6.07, 6.45) is -0.234. The topological polar surface area (TPSA) is 135 Å². The Kier molecular flexibility index (Phi) is 9.06. The van der Waals surface area contributed by atoms with Gasteiger partial charge in [-0.1, -0.05) is 0 Å². The number of aromatic nitrogens is 3. The van der Waals surface area contributed by atoms with Gasteiger partial charge in [-0.3, -0.25) is 9.58 Å². The van der Waals surface area contributed by atoms with E-state index in [-0.39, 0.29) is 32.0 Å². The van der Waals surface area contributed by atoms with Crippen LogP contribution in [0.4, 0.5) is 31.1 Å². The number of nitrogens with zero attached hydrogens (tertiary/aromatic N) is 4. The lowest BCUT2D eigenvalue weighted by molar-refractivity contribution is -0.0501. The molecule has 0 unspecified atom stereocenters. The van der Waals surface area contributed by atoms with Crippen molar-refractivity contribution in [1.82, 2.24) is 19.7 Å². The van der Waals surface area contributed by atoms with Crippen molar-refractivity contribution in [2.75, 3.05) is 26.9 Å². The van der Waals surface area contributed by atoms with Gasteiger partial charge in [-0.15, -0.1) is 0 Å². The molecule has 48 heavy (non-hydrogen) atoms. The van der Waals surface area contributed by atoms with E-state index in [9.17, 15) is 30.8 Å². The predicted octanol–water partition coefficient (Wildman–Crippen LogP) is 6.34. The lowest BCUT2D eigenvalue weighted by Crippen LogP contribution is -2.43. The Morgan fingerprint density at radius 3 is 2.40 bits per heavy atom. The summed E-state index contributed by atoms with van der Waals surface area (Å²) >= 11 is 0. The molecule has 0 aliphatic carbocycles. The molecule has 1 aliphatic rings. The lowest BCUT2D eigenvalue weighted by Gasteiger charge is -2.35. The lowest BCUT2D eigenvalue weighted by atomic mass is 9.96. The molecule has 1 aliphatic heterocycles.